The lowest BCUT2D eigenvalue weighted by Gasteiger charge is -2.11. The molecule has 0 aliphatic rings. The van der Waals surface area contributed by atoms with Gasteiger partial charge in [0.25, 0.3) is 0 Å². The number of carbonyl (C=O) groups excluding carboxylic acids is 1. The molecule has 0 radical (unpaired) electrons. The van der Waals surface area contributed by atoms with Gasteiger partial charge >= 0.3 is 0 Å². The first kappa shape index (κ1) is 21.4. The van der Waals surface area contributed by atoms with Gasteiger partial charge < -0.3 is 19.4 Å². The minimum absolute atomic E-state index is 0.0742. The van der Waals surface area contributed by atoms with Gasteiger partial charge in [-0.25, -0.2) is 4.98 Å². The summed E-state index contributed by atoms with van der Waals surface area (Å²) in [5.74, 6) is 2.53. The summed E-state index contributed by atoms with van der Waals surface area (Å²) in [5, 5.41) is 2.90. The molecule has 0 atom stereocenters. The third-order valence-electron chi connectivity index (χ3n) is 4.79. The van der Waals surface area contributed by atoms with Gasteiger partial charge in [-0.1, -0.05) is 24.3 Å². The minimum Gasteiger partial charge on any atom is -0.497 e. The van der Waals surface area contributed by atoms with Crippen LogP contribution >= 0.6 is 0 Å². The second-order valence-electron chi connectivity index (χ2n) is 6.94. The number of carbonyl (C=O) groups is 1. The summed E-state index contributed by atoms with van der Waals surface area (Å²) >= 11 is 0. The Hall–Kier alpha value is -3.28. The van der Waals surface area contributed by atoms with E-state index in [0.29, 0.717) is 19.6 Å². The summed E-state index contributed by atoms with van der Waals surface area (Å²) in [6.07, 6.45) is 5.87. The van der Waals surface area contributed by atoms with Gasteiger partial charge in [-0.05, 0) is 50.1 Å². The van der Waals surface area contributed by atoms with Crippen molar-refractivity contribution in [3.63, 3.8) is 0 Å². The monoisotopic (exact) mass is 407 g/mol. The van der Waals surface area contributed by atoms with Gasteiger partial charge in [0, 0.05) is 25.6 Å². The quantitative estimate of drug-likeness (QED) is 0.383. The molecule has 30 heavy (non-hydrogen) atoms. The van der Waals surface area contributed by atoms with Crippen molar-refractivity contribution < 1.29 is 14.3 Å². The first-order valence-corrected chi connectivity index (χ1v) is 10.3. The van der Waals surface area contributed by atoms with Crippen molar-refractivity contribution in [1.82, 2.24) is 14.9 Å². The summed E-state index contributed by atoms with van der Waals surface area (Å²) < 4.78 is 13.3. The van der Waals surface area contributed by atoms with Crippen LogP contribution in [-0.4, -0.2) is 35.7 Å². The summed E-state index contributed by atoms with van der Waals surface area (Å²) in [5.41, 5.74) is 2.11. The summed E-state index contributed by atoms with van der Waals surface area (Å²) in [7, 11) is 1.65. The molecule has 0 saturated heterocycles. The van der Waals surface area contributed by atoms with Crippen molar-refractivity contribution in [2.45, 2.75) is 32.7 Å². The topological polar surface area (TPSA) is 65.4 Å². The fourth-order valence-electron chi connectivity index (χ4n) is 3.33. The Morgan fingerprint density at radius 1 is 1.13 bits per heavy atom. The number of rotatable bonds is 11. The number of benzene rings is 2. The fraction of sp³-hybridized carbons (Fsp3) is 0.333. The van der Waals surface area contributed by atoms with Gasteiger partial charge in [0.2, 0.25) is 5.91 Å². The maximum atomic E-state index is 11.6. The number of amides is 1. The molecule has 1 amide bonds. The summed E-state index contributed by atoms with van der Waals surface area (Å²) in [4.78, 5) is 16.4. The number of unbranched alkanes of at least 4 members (excludes halogenated alkanes) is 1. The van der Waals surface area contributed by atoms with Crippen LogP contribution in [0.5, 0.6) is 11.5 Å². The third-order valence-corrected chi connectivity index (χ3v) is 4.79. The zero-order valence-electron chi connectivity index (χ0n) is 17.6. The van der Waals surface area contributed by atoms with Gasteiger partial charge in [-0.3, -0.25) is 4.79 Å². The second-order valence-corrected chi connectivity index (χ2v) is 6.94. The Morgan fingerprint density at radius 3 is 2.80 bits per heavy atom. The number of aryl methyl sites for hydroxylation is 1. The Balaban J connectivity index is 1.55. The normalized spacial score (nSPS) is 11.1. The molecule has 158 valence electrons. The Kier molecular flexibility index (Phi) is 7.89. The number of imidazole rings is 1. The maximum absolute atomic E-state index is 11.6. The zero-order valence-corrected chi connectivity index (χ0v) is 17.6. The van der Waals surface area contributed by atoms with Crippen molar-refractivity contribution in [2.24, 2.45) is 0 Å². The van der Waals surface area contributed by atoms with Gasteiger partial charge in [0.05, 0.1) is 24.8 Å². The molecule has 0 aliphatic carbocycles. The van der Waals surface area contributed by atoms with Crippen molar-refractivity contribution in [1.29, 1.82) is 0 Å². The molecule has 3 aromatic rings. The SMILES string of the molecule is C/C=C/C(=O)NCCc1nc2ccccc2n1CCCCOc1cccc(OC)c1. The molecule has 1 heterocycles. The van der Waals surface area contributed by atoms with Crippen molar-refractivity contribution in [2.75, 3.05) is 20.3 Å². The highest BCUT2D eigenvalue weighted by atomic mass is 16.5. The second kappa shape index (κ2) is 11.0. The number of nitrogens with one attached hydrogen (secondary N) is 1. The molecular formula is C24H29N3O3. The van der Waals surface area contributed by atoms with Crippen LogP contribution in [0, 0.1) is 0 Å². The van der Waals surface area contributed by atoms with Crippen molar-refractivity contribution in [3.05, 3.63) is 66.5 Å². The predicted octanol–water partition coefficient (Wildman–Crippen LogP) is 4.14. The number of ether oxygens (including phenoxy) is 2. The van der Waals surface area contributed by atoms with E-state index in [1.54, 1.807) is 13.2 Å². The molecule has 3 rings (SSSR count). The molecular weight excluding hydrogens is 378 g/mol. The molecule has 6 nitrogen and oxygen atoms in total. The predicted molar refractivity (Wildman–Crippen MR) is 119 cm³/mol. The number of methoxy groups -OCH3 is 1. The van der Waals surface area contributed by atoms with E-state index >= 15 is 0 Å². The van der Waals surface area contributed by atoms with Crippen LogP contribution in [0.4, 0.5) is 0 Å². The standard InChI is InChI=1S/C24H29N3O3/c1-3-9-24(28)25-15-14-23-26-21-12-4-5-13-22(21)27(23)16-6-7-17-30-20-11-8-10-19(18-20)29-2/h3-5,8-13,18H,6-7,14-17H2,1-2H3,(H,25,28)/b9-3+. The maximum Gasteiger partial charge on any atom is 0.243 e. The van der Waals surface area contributed by atoms with Crippen molar-refractivity contribution in [3.8, 4) is 11.5 Å². The molecule has 0 saturated carbocycles. The Bertz CT molecular complexity index is 994. The first-order valence-electron chi connectivity index (χ1n) is 10.3. The van der Waals surface area contributed by atoms with Gasteiger partial charge in [-0.15, -0.1) is 0 Å². The lowest BCUT2D eigenvalue weighted by Crippen LogP contribution is -2.24. The van der Waals surface area contributed by atoms with Crippen LogP contribution in [-0.2, 0) is 17.8 Å². The number of hydrogen-bond donors (Lipinski definition) is 1. The van der Waals surface area contributed by atoms with E-state index in [1.807, 2.05) is 49.4 Å². The fourth-order valence-corrected chi connectivity index (χ4v) is 3.33. The summed E-state index contributed by atoms with van der Waals surface area (Å²) in [6, 6.07) is 15.8. The highest BCUT2D eigenvalue weighted by molar-refractivity contribution is 5.87. The lowest BCUT2D eigenvalue weighted by molar-refractivity contribution is -0.116. The van der Waals surface area contributed by atoms with Crippen molar-refractivity contribution >= 4 is 16.9 Å². The molecule has 1 N–H and O–H groups in total. The van der Waals surface area contributed by atoms with Crippen LogP contribution in [0.15, 0.2) is 60.7 Å². The van der Waals surface area contributed by atoms with Gasteiger partial charge in [0.1, 0.15) is 17.3 Å². The largest absolute Gasteiger partial charge is 0.497 e. The van der Waals surface area contributed by atoms with Crippen LogP contribution in [0.1, 0.15) is 25.6 Å². The third kappa shape index (κ3) is 5.86. The molecule has 0 fully saturated rings. The minimum atomic E-state index is -0.0742. The Morgan fingerprint density at radius 2 is 1.97 bits per heavy atom. The van der Waals surface area contributed by atoms with E-state index in [-0.39, 0.29) is 5.91 Å². The van der Waals surface area contributed by atoms with Crippen LogP contribution in [0.2, 0.25) is 0 Å². The molecule has 0 spiro atoms. The van der Waals surface area contributed by atoms with Crippen LogP contribution in [0.25, 0.3) is 11.0 Å². The Labute approximate surface area is 177 Å². The number of aromatic nitrogens is 2. The lowest BCUT2D eigenvalue weighted by atomic mass is 10.2. The molecule has 0 unspecified atom stereocenters. The van der Waals surface area contributed by atoms with E-state index in [0.717, 1.165) is 47.7 Å². The van der Waals surface area contributed by atoms with E-state index in [9.17, 15) is 4.79 Å². The highest BCUT2D eigenvalue weighted by Crippen LogP contribution is 2.20. The van der Waals surface area contributed by atoms with Crippen LogP contribution in [0.3, 0.4) is 0 Å². The van der Waals surface area contributed by atoms with E-state index in [4.69, 9.17) is 14.5 Å². The van der Waals surface area contributed by atoms with E-state index in [2.05, 4.69) is 16.0 Å². The average Bonchev–Trinajstić information content (AvgIpc) is 3.11. The number of hydrogen-bond acceptors (Lipinski definition) is 4. The molecule has 0 aliphatic heterocycles. The molecule has 1 aromatic heterocycles. The van der Waals surface area contributed by atoms with Gasteiger partial charge in [0.15, 0.2) is 0 Å². The zero-order chi connectivity index (χ0) is 21.2. The smallest absolute Gasteiger partial charge is 0.243 e. The molecule has 2 aromatic carbocycles. The molecule has 6 heteroatoms. The number of nitrogens with zero attached hydrogens (tertiary/aromatic N) is 2. The van der Waals surface area contributed by atoms with Gasteiger partial charge in [-0.2, -0.15) is 0 Å². The van der Waals surface area contributed by atoms with E-state index < -0.39 is 0 Å². The molecule has 0 bridgehead atoms. The number of allylic oxidation sites excluding steroid dienone is 1. The number of para-hydroxylation sites is 2. The van der Waals surface area contributed by atoms with E-state index in [1.165, 1.54) is 6.08 Å². The average molecular weight is 408 g/mol. The number of fused-ring (bicyclic) bond motifs is 1. The summed E-state index contributed by atoms with van der Waals surface area (Å²) in [6.45, 7) is 3.90. The first-order chi connectivity index (χ1) is 14.7. The van der Waals surface area contributed by atoms with Crippen LogP contribution < -0.4 is 14.8 Å². The highest BCUT2D eigenvalue weighted by Gasteiger charge is 2.10.